The summed E-state index contributed by atoms with van der Waals surface area (Å²) in [5.41, 5.74) is 1.75. The summed E-state index contributed by atoms with van der Waals surface area (Å²) in [5, 5.41) is 0. The minimum Gasteiger partial charge on any atom is -0.304 e. The number of hydrogen-bond donors (Lipinski definition) is 1. The van der Waals surface area contributed by atoms with Crippen molar-refractivity contribution in [1.29, 1.82) is 0 Å². The van der Waals surface area contributed by atoms with Crippen LogP contribution in [0.3, 0.4) is 0 Å². The van der Waals surface area contributed by atoms with Gasteiger partial charge in [0.2, 0.25) is 0 Å². The molecule has 0 aromatic heterocycles. The molecule has 2 nitrogen and oxygen atoms in total. The van der Waals surface area contributed by atoms with Crippen LogP contribution >= 0.6 is 0 Å². The van der Waals surface area contributed by atoms with Crippen molar-refractivity contribution in [3.63, 3.8) is 0 Å². The molecule has 0 amide bonds. The normalized spacial score (nSPS) is 12.8. The summed E-state index contributed by atoms with van der Waals surface area (Å²) in [4.78, 5) is 4.45. The molecule has 1 aromatic rings. The van der Waals surface area contributed by atoms with E-state index in [9.17, 15) is 4.39 Å². The van der Waals surface area contributed by atoms with Gasteiger partial charge in [0, 0.05) is 0 Å². The molecule has 2 N–H and O–H groups in total. The summed E-state index contributed by atoms with van der Waals surface area (Å²) in [5.74, 6) is 4.90. The van der Waals surface area contributed by atoms with E-state index < -0.39 is 6.17 Å². The molecule has 0 saturated heterocycles. The van der Waals surface area contributed by atoms with Crippen molar-refractivity contribution in [1.82, 2.24) is 0 Å². The molecule has 1 aromatic carbocycles. The van der Waals surface area contributed by atoms with E-state index in [2.05, 4.69) is 4.84 Å². The van der Waals surface area contributed by atoms with Gasteiger partial charge < -0.3 is 4.84 Å². The lowest BCUT2D eigenvalue weighted by molar-refractivity contribution is 0.141. The van der Waals surface area contributed by atoms with E-state index in [4.69, 9.17) is 5.90 Å². The molecule has 1 unspecified atom stereocenters. The van der Waals surface area contributed by atoms with Crippen molar-refractivity contribution in [2.75, 3.05) is 6.61 Å². The maximum atomic E-state index is 12.9. The third-order valence-electron chi connectivity index (χ3n) is 1.92. The van der Waals surface area contributed by atoms with E-state index in [0.717, 1.165) is 12.0 Å². The monoisotopic (exact) mass is 183 g/mol. The molecule has 1 rings (SSSR count). The molecule has 13 heavy (non-hydrogen) atoms. The third kappa shape index (κ3) is 3.13. The summed E-state index contributed by atoms with van der Waals surface area (Å²) >= 11 is 0. The van der Waals surface area contributed by atoms with E-state index in [-0.39, 0.29) is 0 Å². The van der Waals surface area contributed by atoms with Crippen LogP contribution < -0.4 is 5.90 Å². The smallest absolute Gasteiger partial charge is 0.122 e. The van der Waals surface area contributed by atoms with Gasteiger partial charge in [0.25, 0.3) is 0 Å². The predicted octanol–water partition coefficient (Wildman–Crippen LogP) is 2.15. The molecule has 0 aliphatic rings. The lowest BCUT2D eigenvalue weighted by Crippen LogP contribution is -2.03. The second-order valence-corrected chi connectivity index (χ2v) is 2.98. The maximum absolute atomic E-state index is 12.9. The highest BCUT2D eigenvalue weighted by molar-refractivity contribution is 5.25. The summed E-state index contributed by atoms with van der Waals surface area (Å²) in [6.45, 7) is 1.99. The zero-order chi connectivity index (χ0) is 9.68. The van der Waals surface area contributed by atoms with E-state index >= 15 is 0 Å². The van der Waals surface area contributed by atoms with Gasteiger partial charge in [-0.15, -0.1) is 0 Å². The first kappa shape index (κ1) is 10.2. The minimum atomic E-state index is -0.918. The van der Waals surface area contributed by atoms with Crippen LogP contribution in [0.25, 0.3) is 0 Å². The fourth-order valence-corrected chi connectivity index (χ4v) is 1.17. The number of alkyl halides is 1. The molecule has 0 bridgehead atoms. The number of rotatable bonds is 4. The molecule has 0 aliphatic heterocycles. The maximum Gasteiger partial charge on any atom is 0.122 e. The molecule has 72 valence electrons. The van der Waals surface area contributed by atoms with Gasteiger partial charge in [-0.25, -0.2) is 10.3 Å². The Morgan fingerprint density at radius 2 is 2.31 bits per heavy atom. The quantitative estimate of drug-likeness (QED) is 0.726. The summed E-state index contributed by atoms with van der Waals surface area (Å²) in [6, 6.07) is 7.39. The summed E-state index contributed by atoms with van der Waals surface area (Å²) in [7, 11) is 0. The Labute approximate surface area is 77.5 Å². The molecular weight excluding hydrogens is 169 g/mol. The standard InChI is InChI=1S/C10H14FNO/c1-8(11)10-4-2-3-9(7-10)5-6-13-12/h2-4,7-8H,5-6,12H2,1H3. The Hall–Kier alpha value is -0.930. The first-order chi connectivity index (χ1) is 6.24. The van der Waals surface area contributed by atoms with Crippen LogP contribution in [0, 0.1) is 0 Å². The van der Waals surface area contributed by atoms with Crippen molar-refractivity contribution < 1.29 is 9.23 Å². The van der Waals surface area contributed by atoms with Gasteiger partial charge in [0.05, 0.1) is 6.61 Å². The molecule has 0 saturated carbocycles. The average molecular weight is 183 g/mol. The van der Waals surface area contributed by atoms with Gasteiger partial charge in [-0.3, -0.25) is 0 Å². The van der Waals surface area contributed by atoms with Crippen LogP contribution in [-0.2, 0) is 11.3 Å². The molecule has 0 spiro atoms. The van der Waals surface area contributed by atoms with Crippen LogP contribution in [0.1, 0.15) is 24.2 Å². The van der Waals surface area contributed by atoms with E-state index in [1.807, 2.05) is 18.2 Å². The molecule has 0 aliphatic carbocycles. The van der Waals surface area contributed by atoms with Gasteiger partial charge in [0.1, 0.15) is 6.17 Å². The second-order valence-electron chi connectivity index (χ2n) is 2.98. The molecule has 0 heterocycles. The largest absolute Gasteiger partial charge is 0.304 e. The van der Waals surface area contributed by atoms with Crippen molar-refractivity contribution >= 4 is 0 Å². The first-order valence-corrected chi connectivity index (χ1v) is 4.28. The van der Waals surface area contributed by atoms with E-state index in [0.29, 0.717) is 12.2 Å². The topological polar surface area (TPSA) is 35.2 Å². The van der Waals surface area contributed by atoms with Gasteiger partial charge in [-0.05, 0) is 24.5 Å². The molecule has 3 heteroatoms. The number of halogens is 1. The summed E-state index contributed by atoms with van der Waals surface area (Å²) < 4.78 is 12.9. The Kier molecular flexibility index (Phi) is 3.86. The lowest BCUT2D eigenvalue weighted by atomic mass is 10.1. The van der Waals surface area contributed by atoms with Gasteiger partial charge >= 0.3 is 0 Å². The predicted molar refractivity (Wildman–Crippen MR) is 49.8 cm³/mol. The molecular formula is C10H14FNO. The van der Waals surface area contributed by atoms with Gasteiger partial charge in [-0.2, -0.15) is 0 Å². The Bertz CT molecular complexity index is 263. The lowest BCUT2D eigenvalue weighted by Gasteiger charge is -2.05. The Morgan fingerprint density at radius 1 is 1.54 bits per heavy atom. The SMILES string of the molecule is CC(F)c1cccc(CCON)c1. The fraction of sp³-hybridized carbons (Fsp3) is 0.400. The van der Waals surface area contributed by atoms with Crippen molar-refractivity contribution in [2.24, 2.45) is 5.90 Å². The number of nitrogens with two attached hydrogens (primary N) is 1. The number of hydrogen-bond acceptors (Lipinski definition) is 2. The Balaban J connectivity index is 2.68. The van der Waals surface area contributed by atoms with Gasteiger partial charge in [0.15, 0.2) is 0 Å². The average Bonchev–Trinajstić information content (AvgIpc) is 2.15. The van der Waals surface area contributed by atoms with Crippen molar-refractivity contribution in [3.8, 4) is 0 Å². The van der Waals surface area contributed by atoms with Crippen LogP contribution in [-0.4, -0.2) is 6.61 Å². The zero-order valence-electron chi connectivity index (χ0n) is 7.66. The van der Waals surface area contributed by atoms with Crippen LogP contribution in [0.5, 0.6) is 0 Å². The van der Waals surface area contributed by atoms with Crippen LogP contribution in [0.4, 0.5) is 4.39 Å². The van der Waals surface area contributed by atoms with Crippen LogP contribution in [0.15, 0.2) is 24.3 Å². The van der Waals surface area contributed by atoms with Crippen LogP contribution in [0.2, 0.25) is 0 Å². The highest BCUT2D eigenvalue weighted by Gasteiger charge is 2.02. The minimum absolute atomic E-state index is 0.462. The number of benzene rings is 1. The van der Waals surface area contributed by atoms with Crippen molar-refractivity contribution in [2.45, 2.75) is 19.5 Å². The summed E-state index contributed by atoms with van der Waals surface area (Å²) in [6.07, 6.45) is -0.199. The fourth-order valence-electron chi connectivity index (χ4n) is 1.17. The highest BCUT2D eigenvalue weighted by atomic mass is 19.1. The van der Waals surface area contributed by atoms with E-state index in [1.54, 1.807) is 6.07 Å². The van der Waals surface area contributed by atoms with Crippen molar-refractivity contribution in [3.05, 3.63) is 35.4 Å². The van der Waals surface area contributed by atoms with E-state index in [1.165, 1.54) is 6.92 Å². The molecule has 0 fully saturated rings. The third-order valence-corrected chi connectivity index (χ3v) is 1.92. The Morgan fingerprint density at radius 3 is 2.92 bits per heavy atom. The van der Waals surface area contributed by atoms with Gasteiger partial charge in [-0.1, -0.05) is 24.3 Å². The molecule has 0 radical (unpaired) electrons. The second kappa shape index (κ2) is 4.94. The molecule has 1 atom stereocenters. The first-order valence-electron chi connectivity index (χ1n) is 4.28. The highest BCUT2D eigenvalue weighted by Crippen LogP contribution is 2.17. The zero-order valence-corrected chi connectivity index (χ0v) is 7.66.